The zero-order chi connectivity index (χ0) is 16.9. The van der Waals surface area contributed by atoms with Crippen molar-refractivity contribution in [2.45, 2.75) is 50.4 Å². The normalized spacial score (nSPS) is 27.7. The van der Waals surface area contributed by atoms with Crippen LogP contribution in [0.3, 0.4) is 0 Å². The van der Waals surface area contributed by atoms with Crippen molar-refractivity contribution in [1.82, 2.24) is 9.80 Å². The standard InChI is InChI=1S/C18H28N2O4/c1-19-9-11-24-17(13-19)18(22)20-8-4-2-3-6-14(20)12-15(21)16-7-5-10-23-16/h5,7,10,14-15,17,21H,2-4,6,8-9,11-13H2,1H3/t14-,15-,17+/m1/s1. The highest BCUT2D eigenvalue weighted by Crippen LogP contribution is 2.27. The highest BCUT2D eigenvalue weighted by Gasteiger charge is 2.34. The molecular formula is C18H28N2O4. The Morgan fingerprint density at radius 1 is 1.38 bits per heavy atom. The van der Waals surface area contributed by atoms with Crippen LogP contribution in [0.25, 0.3) is 0 Å². The first-order valence-electron chi connectivity index (χ1n) is 8.97. The van der Waals surface area contributed by atoms with Gasteiger partial charge in [-0.25, -0.2) is 0 Å². The monoisotopic (exact) mass is 336 g/mol. The third kappa shape index (κ3) is 4.18. The summed E-state index contributed by atoms with van der Waals surface area (Å²) in [6.45, 7) is 2.85. The second kappa shape index (κ2) is 8.14. The molecule has 24 heavy (non-hydrogen) atoms. The summed E-state index contributed by atoms with van der Waals surface area (Å²) in [4.78, 5) is 17.1. The highest BCUT2D eigenvalue weighted by atomic mass is 16.5. The minimum absolute atomic E-state index is 0.0379. The number of aliphatic hydroxyl groups is 1. The quantitative estimate of drug-likeness (QED) is 0.908. The maximum atomic E-state index is 13.0. The molecule has 134 valence electrons. The number of aliphatic hydroxyl groups excluding tert-OH is 1. The Morgan fingerprint density at radius 2 is 2.25 bits per heavy atom. The number of likely N-dealkylation sites (N-methyl/N-ethyl adjacent to an activating group) is 1. The van der Waals surface area contributed by atoms with Gasteiger partial charge >= 0.3 is 0 Å². The zero-order valence-corrected chi connectivity index (χ0v) is 14.4. The van der Waals surface area contributed by atoms with Gasteiger partial charge in [0, 0.05) is 32.1 Å². The predicted molar refractivity (Wildman–Crippen MR) is 89.5 cm³/mol. The summed E-state index contributed by atoms with van der Waals surface area (Å²) in [6.07, 6.45) is 5.18. The Balaban J connectivity index is 1.68. The molecule has 0 aromatic carbocycles. The van der Waals surface area contributed by atoms with Crippen LogP contribution in [0.1, 0.15) is 44.0 Å². The van der Waals surface area contributed by atoms with E-state index in [0.717, 1.165) is 38.8 Å². The van der Waals surface area contributed by atoms with Crippen molar-refractivity contribution < 1.29 is 19.1 Å². The van der Waals surface area contributed by atoms with Crippen LogP contribution in [-0.4, -0.2) is 66.2 Å². The fourth-order valence-corrected chi connectivity index (χ4v) is 3.68. The molecule has 0 bridgehead atoms. The van der Waals surface area contributed by atoms with Crippen LogP contribution in [0.2, 0.25) is 0 Å². The molecule has 0 saturated carbocycles. The SMILES string of the molecule is CN1CCO[C@H](C(=O)N2CCCCC[C@@H]2C[C@@H](O)c2ccco2)C1. The first-order chi connectivity index (χ1) is 11.6. The third-order valence-corrected chi connectivity index (χ3v) is 5.07. The number of morpholine rings is 1. The molecule has 2 aliphatic heterocycles. The van der Waals surface area contributed by atoms with Gasteiger partial charge in [-0.05, 0) is 32.0 Å². The number of carbonyl (C=O) groups excluding carboxylic acids is 1. The molecular weight excluding hydrogens is 308 g/mol. The van der Waals surface area contributed by atoms with E-state index in [0.29, 0.717) is 25.3 Å². The van der Waals surface area contributed by atoms with Gasteiger partial charge in [-0.2, -0.15) is 0 Å². The Kier molecular flexibility index (Phi) is 5.92. The molecule has 0 spiro atoms. The second-order valence-corrected chi connectivity index (χ2v) is 6.92. The van der Waals surface area contributed by atoms with E-state index in [1.165, 1.54) is 0 Å². The van der Waals surface area contributed by atoms with E-state index in [-0.39, 0.29) is 18.1 Å². The second-order valence-electron chi connectivity index (χ2n) is 6.92. The molecule has 3 rings (SSSR count). The molecule has 6 heteroatoms. The lowest BCUT2D eigenvalue weighted by molar-refractivity contribution is -0.151. The molecule has 2 aliphatic rings. The minimum atomic E-state index is -0.673. The van der Waals surface area contributed by atoms with E-state index < -0.39 is 6.10 Å². The van der Waals surface area contributed by atoms with Crippen LogP contribution in [-0.2, 0) is 9.53 Å². The van der Waals surface area contributed by atoms with Crippen molar-refractivity contribution >= 4 is 5.91 Å². The van der Waals surface area contributed by atoms with Crippen molar-refractivity contribution in [3.8, 4) is 0 Å². The Morgan fingerprint density at radius 3 is 3.00 bits per heavy atom. The van der Waals surface area contributed by atoms with Gasteiger partial charge in [0.15, 0.2) is 0 Å². The number of amides is 1. The smallest absolute Gasteiger partial charge is 0.253 e. The van der Waals surface area contributed by atoms with Gasteiger partial charge in [-0.1, -0.05) is 12.8 Å². The van der Waals surface area contributed by atoms with E-state index in [2.05, 4.69) is 4.90 Å². The van der Waals surface area contributed by atoms with Crippen LogP contribution in [0.5, 0.6) is 0 Å². The molecule has 1 amide bonds. The van der Waals surface area contributed by atoms with E-state index in [9.17, 15) is 9.90 Å². The van der Waals surface area contributed by atoms with E-state index in [4.69, 9.17) is 9.15 Å². The lowest BCUT2D eigenvalue weighted by Crippen LogP contribution is -2.52. The summed E-state index contributed by atoms with van der Waals surface area (Å²) in [7, 11) is 2.02. The Bertz CT molecular complexity index is 519. The number of likely N-dealkylation sites (tertiary alicyclic amines) is 1. The Hall–Kier alpha value is -1.37. The maximum Gasteiger partial charge on any atom is 0.253 e. The molecule has 1 aromatic heterocycles. The lowest BCUT2D eigenvalue weighted by Gasteiger charge is -2.37. The first-order valence-corrected chi connectivity index (χ1v) is 8.97. The van der Waals surface area contributed by atoms with Gasteiger partial charge in [0.05, 0.1) is 12.9 Å². The summed E-state index contributed by atoms with van der Waals surface area (Å²) >= 11 is 0. The van der Waals surface area contributed by atoms with E-state index in [1.54, 1.807) is 18.4 Å². The number of nitrogens with zero attached hydrogens (tertiary/aromatic N) is 2. The van der Waals surface area contributed by atoms with Gasteiger partial charge < -0.3 is 24.1 Å². The minimum Gasteiger partial charge on any atom is -0.467 e. The average molecular weight is 336 g/mol. The van der Waals surface area contributed by atoms with Crippen molar-refractivity contribution in [2.75, 3.05) is 33.3 Å². The zero-order valence-electron chi connectivity index (χ0n) is 14.4. The predicted octanol–water partition coefficient (Wildman–Crippen LogP) is 1.80. The van der Waals surface area contributed by atoms with Crippen molar-refractivity contribution in [1.29, 1.82) is 0 Å². The highest BCUT2D eigenvalue weighted by molar-refractivity contribution is 5.81. The molecule has 0 radical (unpaired) electrons. The molecule has 2 fully saturated rings. The molecule has 0 unspecified atom stereocenters. The van der Waals surface area contributed by atoms with Gasteiger partial charge in [0.25, 0.3) is 5.91 Å². The van der Waals surface area contributed by atoms with E-state index >= 15 is 0 Å². The average Bonchev–Trinajstić information content (AvgIpc) is 3.02. The molecule has 1 N–H and O–H groups in total. The number of ether oxygens (including phenoxy) is 1. The van der Waals surface area contributed by atoms with Crippen molar-refractivity contribution in [3.05, 3.63) is 24.2 Å². The van der Waals surface area contributed by atoms with Gasteiger partial charge in [-0.15, -0.1) is 0 Å². The lowest BCUT2D eigenvalue weighted by atomic mass is 10.0. The fourth-order valence-electron chi connectivity index (χ4n) is 3.68. The van der Waals surface area contributed by atoms with Crippen LogP contribution >= 0.6 is 0 Å². The number of hydrogen-bond acceptors (Lipinski definition) is 5. The number of rotatable bonds is 4. The first kappa shape index (κ1) is 17.5. The summed E-state index contributed by atoms with van der Waals surface area (Å²) in [6, 6.07) is 3.60. The molecule has 1 aromatic rings. The molecule has 3 heterocycles. The largest absolute Gasteiger partial charge is 0.467 e. The summed E-state index contributed by atoms with van der Waals surface area (Å²) < 4.78 is 11.0. The summed E-state index contributed by atoms with van der Waals surface area (Å²) in [5.41, 5.74) is 0. The van der Waals surface area contributed by atoms with Crippen molar-refractivity contribution in [2.24, 2.45) is 0 Å². The Labute approximate surface area is 143 Å². The summed E-state index contributed by atoms with van der Waals surface area (Å²) in [5.74, 6) is 0.639. The summed E-state index contributed by atoms with van der Waals surface area (Å²) in [5, 5.41) is 10.4. The van der Waals surface area contributed by atoms with Gasteiger partial charge in [-0.3, -0.25) is 4.79 Å². The number of furan rings is 1. The maximum absolute atomic E-state index is 13.0. The van der Waals surface area contributed by atoms with Gasteiger partial charge in [0.2, 0.25) is 0 Å². The topological polar surface area (TPSA) is 66.2 Å². The van der Waals surface area contributed by atoms with E-state index in [1.807, 2.05) is 11.9 Å². The van der Waals surface area contributed by atoms with Crippen molar-refractivity contribution in [3.63, 3.8) is 0 Å². The molecule has 0 aliphatic carbocycles. The van der Waals surface area contributed by atoms with Crippen LogP contribution < -0.4 is 0 Å². The third-order valence-electron chi connectivity index (χ3n) is 5.07. The molecule has 2 saturated heterocycles. The van der Waals surface area contributed by atoms with Crippen LogP contribution in [0, 0.1) is 0 Å². The number of hydrogen-bond donors (Lipinski definition) is 1. The van der Waals surface area contributed by atoms with Gasteiger partial charge in [0.1, 0.15) is 18.0 Å². The molecule has 3 atom stereocenters. The molecule has 6 nitrogen and oxygen atoms in total. The van der Waals surface area contributed by atoms with Crippen LogP contribution in [0.15, 0.2) is 22.8 Å². The fraction of sp³-hybridized carbons (Fsp3) is 0.722. The number of carbonyl (C=O) groups is 1. The van der Waals surface area contributed by atoms with Crippen LogP contribution in [0.4, 0.5) is 0 Å².